The SMILES string of the molecule is NC(=O)[C@H](C[C@H]1CCNC1=O)C(=O)N[C@@H]1[C@H]2CCC[C@H]2CN1C(=O)c1cc2c(Cl)ccc(Cl)c2[nH]1. The molecular formula is C24H27Cl2N5O4. The van der Waals surface area contributed by atoms with Gasteiger partial charge in [-0.1, -0.05) is 29.6 Å². The molecule has 1 aromatic heterocycles. The lowest BCUT2D eigenvalue weighted by Crippen LogP contribution is -2.53. The van der Waals surface area contributed by atoms with Gasteiger partial charge in [-0.05, 0) is 49.8 Å². The van der Waals surface area contributed by atoms with Crippen LogP contribution in [0.3, 0.4) is 0 Å². The maximum absolute atomic E-state index is 13.6. The summed E-state index contributed by atoms with van der Waals surface area (Å²) in [7, 11) is 0. The maximum atomic E-state index is 13.6. The molecule has 2 aliphatic heterocycles. The number of hydrogen-bond donors (Lipinski definition) is 4. The minimum atomic E-state index is -1.15. The minimum Gasteiger partial charge on any atom is -0.369 e. The van der Waals surface area contributed by atoms with Crippen LogP contribution in [0.1, 0.15) is 42.6 Å². The van der Waals surface area contributed by atoms with Crippen LogP contribution in [0.25, 0.3) is 10.9 Å². The summed E-state index contributed by atoms with van der Waals surface area (Å²) in [5.41, 5.74) is 6.45. The van der Waals surface area contributed by atoms with Gasteiger partial charge >= 0.3 is 0 Å². The number of primary amides is 1. The highest BCUT2D eigenvalue weighted by Crippen LogP contribution is 2.42. The number of nitrogens with one attached hydrogen (secondary N) is 3. The fraction of sp³-hybridized carbons (Fsp3) is 0.500. The first-order chi connectivity index (χ1) is 16.7. The van der Waals surface area contributed by atoms with Crippen molar-refractivity contribution >= 4 is 57.7 Å². The minimum absolute atomic E-state index is 0.0563. The molecule has 11 heteroatoms. The monoisotopic (exact) mass is 519 g/mol. The average Bonchev–Trinajstić information content (AvgIpc) is 3.59. The Hall–Kier alpha value is -2.78. The highest BCUT2D eigenvalue weighted by Gasteiger charge is 2.48. The zero-order valence-electron chi connectivity index (χ0n) is 19.0. The Morgan fingerprint density at radius 3 is 2.63 bits per heavy atom. The van der Waals surface area contributed by atoms with E-state index in [0.29, 0.717) is 46.2 Å². The number of aromatic nitrogens is 1. The van der Waals surface area contributed by atoms with E-state index >= 15 is 0 Å². The van der Waals surface area contributed by atoms with Crippen molar-refractivity contribution in [3.63, 3.8) is 0 Å². The molecule has 2 saturated heterocycles. The topological polar surface area (TPSA) is 137 Å². The number of hydrogen-bond acceptors (Lipinski definition) is 4. The van der Waals surface area contributed by atoms with Crippen molar-refractivity contribution in [2.45, 2.75) is 38.3 Å². The van der Waals surface area contributed by atoms with Gasteiger partial charge < -0.3 is 26.3 Å². The third kappa shape index (κ3) is 4.36. The molecule has 1 aliphatic carbocycles. The van der Waals surface area contributed by atoms with Crippen LogP contribution in [-0.2, 0) is 14.4 Å². The number of rotatable bonds is 6. The van der Waals surface area contributed by atoms with Crippen molar-refractivity contribution in [3.05, 3.63) is 33.9 Å². The third-order valence-electron chi connectivity index (χ3n) is 7.70. The molecule has 5 rings (SSSR count). The first-order valence-corrected chi connectivity index (χ1v) is 12.6. The molecule has 3 aliphatic rings. The Labute approximate surface area is 212 Å². The van der Waals surface area contributed by atoms with Gasteiger partial charge in [-0.15, -0.1) is 0 Å². The van der Waals surface area contributed by atoms with Crippen LogP contribution in [-0.4, -0.2) is 52.8 Å². The molecule has 3 heterocycles. The van der Waals surface area contributed by atoms with Crippen molar-refractivity contribution in [2.75, 3.05) is 13.1 Å². The van der Waals surface area contributed by atoms with Crippen LogP contribution in [0.4, 0.5) is 0 Å². The molecule has 2 aromatic rings. The summed E-state index contributed by atoms with van der Waals surface area (Å²) in [4.78, 5) is 55.7. The highest BCUT2D eigenvalue weighted by molar-refractivity contribution is 6.40. The van der Waals surface area contributed by atoms with Gasteiger partial charge in [0.25, 0.3) is 5.91 Å². The van der Waals surface area contributed by atoms with E-state index in [-0.39, 0.29) is 30.1 Å². The van der Waals surface area contributed by atoms with Gasteiger partial charge in [0.2, 0.25) is 17.7 Å². The van der Waals surface area contributed by atoms with Gasteiger partial charge in [0.1, 0.15) is 17.8 Å². The van der Waals surface area contributed by atoms with Gasteiger partial charge in [-0.25, -0.2) is 0 Å². The van der Waals surface area contributed by atoms with Crippen molar-refractivity contribution in [1.29, 1.82) is 0 Å². The molecule has 186 valence electrons. The summed E-state index contributed by atoms with van der Waals surface area (Å²) in [6, 6.07) is 5.00. The van der Waals surface area contributed by atoms with Crippen LogP contribution in [0.15, 0.2) is 18.2 Å². The molecule has 35 heavy (non-hydrogen) atoms. The van der Waals surface area contributed by atoms with Gasteiger partial charge in [-0.2, -0.15) is 0 Å². The zero-order valence-corrected chi connectivity index (χ0v) is 20.5. The number of nitrogens with two attached hydrogens (primary N) is 1. The smallest absolute Gasteiger partial charge is 0.271 e. The Morgan fingerprint density at radius 1 is 1.17 bits per heavy atom. The number of likely N-dealkylation sites (tertiary alicyclic amines) is 1. The predicted octanol–water partition coefficient (Wildman–Crippen LogP) is 2.42. The largest absolute Gasteiger partial charge is 0.369 e. The number of aromatic amines is 1. The summed E-state index contributed by atoms with van der Waals surface area (Å²) in [6.07, 6.45) is 2.89. The molecule has 0 bridgehead atoms. The molecular weight excluding hydrogens is 493 g/mol. The van der Waals surface area contributed by atoms with Crippen LogP contribution in [0, 0.1) is 23.7 Å². The molecule has 9 nitrogen and oxygen atoms in total. The van der Waals surface area contributed by atoms with E-state index in [1.165, 1.54) is 0 Å². The summed E-state index contributed by atoms with van der Waals surface area (Å²) in [5, 5.41) is 7.23. The van der Waals surface area contributed by atoms with E-state index in [2.05, 4.69) is 15.6 Å². The molecule has 3 fully saturated rings. The fourth-order valence-corrected chi connectivity index (χ4v) is 6.30. The molecule has 1 saturated carbocycles. The van der Waals surface area contributed by atoms with E-state index in [1.54, 1.807) is 23.1 Å². The zero-order chi connectivity index (χ0) is 24.9. The van der Waals surface area contributed by atoms with Gasteiger partial charge in [0.15, 0.2) is 0 Å². The lowest BCUT2D eigenvalue weighted by molar-refractivity contribution is -0.135. The number of benzene rings is 1. The second-order valence-corrected chi connectivity index (χ2v) is 10.5. The number of carbonyl (C=O) groups is 4. The van der Waals surface area contributed by atoms with Crippen molar-refractivity contribution in [3.8, 4) is 0 Å². The number of fused-ring (bicyclic) bond motifs is 2. The Morgan fingerprint density at radius 2 is 1.94 bits per heavy atom. The molecule has 5 atom stereocenters. The normalized spacial score (nSPS) is 26.6. The maximum Gasteiger partial charge on any atom is 0.271 e. The van der Waals surface area contributed by atoms with Gasteiger partial charge in [-0.3, -0.25) is 19.2 Å². The quantitative estimate of drug-likeness (QED) is 0.435. The highest BCUT2D eigenvalue weighted by atomic mass is 35.5. The van der Waals surface area contributed by atoms with E-state index in [4.69, 9.17) is 28.9 Å². The fourth-order valence-electron chi connectivity index (χ4n) is 5.87. The van der Waals surface area contributed by atoms with E-state index in [9.17, 15) is 19.2 Å². The van der Waals surface area contributed by atoms with Crippen molar-refractivity contribution in [1.82, 2.24) is 20.5 Å². The number of H-pyrrole nitrogens is 1. The van der Waals surface area contributed by atoms with Crippen molar-refractivity contribution < 1.29 is 19.2 Å². The summed E-state index contributed by atoms with van der Waals surface area (Å²) in [6.45, 7) is 1.02. The van der Waals surface area contributed by atoms with Crippen LogP contribution in [0.2, 0.25) is 10.0 Å². The first-order valence-electron chi connectivity index (χ1n) is 11.9. The van der Waals surface area contributed by atoms with E-state index in [0.717, 1.165) is 19.3 Å². The van der Waals surface area contributed by atoms with Gasteiger partial charge in [0, 0.05) is 30.3 Å². The summed E-state index contributed by atoms with van der Waals surface area (Å²) in [5.74, 6) is -3.01. The molecule has 5 N–H and O–H groups in total. The molecule has 1 aromatic carbocycles. The lowest BCUT2D eigenvalue weighted by Gasteiger charge is -2.30. The van der Waals surface area contributed by atoms with Crippen LogP contribution in [0.5, 0.6) is 0 Å². The van der Waals surface area contributed by atoms with E-state index in [1.807, 2.05) is 0 Å². The lowest BCUT2D eigenvalue weighted by atomic mass is 9.91. The van der Waals surface area contributed by atoms with Gasteiger partial charge in [0.05, 0.1) is 15.6 Å². The Balaban J connectivity index is 1.39. The molecule has 0 unspecified atom stereocenters. The average molecular weight is 520 g/mol. The van der Waals surface area contributed by atoms with E-state index < -0.39 is 29.8 Å². The number of halogens is 2. The first kappa shape index (κ1) is 23.9. The summed E-state index contributed by atoms with van der Waals surface area (Å²) < 4.78 is 0. The van der Waals surface area contributed by atoms with Crippen LogP contribution < -0.4 is 16.4 Å². The van der Waals surface area contributed by atoms with Crippen molar-refractivity contribution in [2.24, 2.45) is 29.4 Å². The number of amides is 4. The second-order valence-electron chi connectivity index (χ2n) is 9.73. The second kappa shape index (κ2) is 9.35. The Bertz CT molecular complexity index is 1170. The molecule has 0 spiro atoms. The molecule has 4 amide bonds. The predicted molar refractivity (Wildman–Crippen MR) is 131 cm³/mol. The standard InChI is InChI=1S/C24H27Cl2N5O4/c25-16-4-5-17(26)19-14(16)9-18(29-19)24(35)31-10-12-2-1-3-13(12)21(31)30-23(34)15(20(27)32)8-11-6-7-28-22(11)33/h4-5,9,11-13,15,21,29H,1-3,6-8,10H2,(H2,27,32)(H,28,33)(H,30,34)/t11-,12+,13+,15+,21+/m1/s1. The Kier molecular flexibility index (Phi) is 6.40. The summed E-state index contributed by atoms with van der Waals surface area (Å²) >= 11 is 12.6. The molecule has 0 radical (unpaired) electrons. The third-order valence-corrected chi connectivity index (χ3v) is 8.35. The number of carbonyl (C=O) groups excluding carboxylic acids is 4. The number of nitrogens with zero attached hydrogens (tertiary/aromatic N) is 1. The van der Waals surface area contributed by atoms with Crippen LogP contribution >= 0.6 is 23.2 Å².